The van der Waals surface area contributed by atoms with Crippen LogP contribution in [0.2, 0.25) is 5.02 Å². The van der Waals surface area contributed by atoms with Gasteiger partial charge in [-0.3, -0.25) is 4.79 Å². The second kappa shape index (κ2) is 13.2. The highest BCUT2D eigenvalue weighted by atomic mass is 79.9. The smallest absolute Gasteiger partial charge is 0.282 e. The van der Waals surface area contributed by atoms with Gasteiger partial charge in [0.15, 0.2) is 17.3 Å². The van der Waals surface area contributed by atoms with Gasteiger partial charge in [-0.05, 0) is 82.7 Å². The molecule has 226 valence electrons. The number of benzene rings is 4. The van der Waals surface area contributed by atoms with Gasteiger partial charge in [-0.15, -0.1) is 0 Å². The van der Waals surface area contributed by atoms with E-state index >= 15 is 0 Å². The Morgan fingerprint density at radius 1 is 1.00 bits per heavy atom. The van der Waals surface area contributed by atoms with Gasteiger partial charge in [0.25, 0.3) is 5.56 Å². The minimum Gasteiger partial charge on any atom is -0.496 e. The summed E-state index contributed by atoms with van der Waals surface area (Å²) in [5.41, 5.74) is 5.72. The number of rotatable bonds is 9. The van der Waals surface area contributed by atoms with Crippen molar-refractivity contribution in [1.82, 2.24) is 9.66 Å². The molecule has 0 unspecified atom stereocenters. The Morgan fingerprint density at radius 3 is 2.45 bits per heavy atom. The summed E-state index contributed by atoms with van der Waals surface area (Å²) in [6.07, 6.45) is 1.56. The number of ether oxygens (including phenoxy) is 3. The van der Waals surface area contributed by atoms with Gasteiger partial charge >= 0.3 is 0 Å². The molecular weight excluding hydrogens is 642 g/mol. The Bertz CT molecular complexity index is 1950. The molecule has 44 heavy (non-hydrogen) atoms. The highest BCUT2D eigenvalue weighted by Gasteiger charge is 2.20. The normalized spacial score (nSPS) is 11.5. The molecule has 5 aromatic rings. The van der Waals surface area contributed by atoms with Gasteiger partial charge < -0.3 is 14.2 Å². The highest BCUT2D eigenvalue weighted by molar-refractivity contribution is 9.10. The summed E-state index contributed by atoms with van der Waals surface area (Å²) in [4.78, 5) is 18.8. The summed E-state index contributed by atoms with van der Waals surface area (Å²) in [5.74, 6) is 2.23. The average molecular weight is 675 g/mol. The largest absolute Gasteiger partial charge is 0.496 e. The van der Waals surface area contributed by atoms with Gasteiger partial charge in [-0.2, -0.15) is 9.78 Å². The summed E-state index contributed by atoms with van der Waals surface area (Å²) in [6, 6.07) is 21.1. The maximum absolute atomic E-state index is 13.9. The van der Waals surface area contributed by atoms with Crippen molar-refractivity contribution < 1.29 is 14.2 Å². The maximum Gasteiger partial charge on any atom is 0.282 e. The number of aryl methyl sites for hydroxylation is 2. The molecule has 0 saturated carbocycles. The Labute approximate surface area is 270 Å². The van der Waals surface area contributed by atoms with Gasteiger partial charge in [0.1, 0.15) is 17.4 Å². The molecule has 7 nitrogen and oxygen atoms in total. The van der Waals surface area contributed by atoms with Gasteiger partial charge in [0.05, 0.1) is 31.3 Å². The number of para-hydroxylation sites is 1. The van der Waals surface area contributed by atoms with Gasteiger partial charge in [0.2, 0.25) is 0 Å². The molecular formula is C35H33BrClN3O4. The van der Waals surface area contributed by atoms with Crippen LogP contribution in [0.4, 0.5) is 0 Å². The van der Waals surface area contributed by atoms with E-state index in [0.29, 0.717) is 49.9 Å². The lowest BCUT2D eigenvalue weighted by Gasteiger charge is -2.17. The Kier molecular flexibility index (Phi) is 9.42. The van der Waals surface area contributed by atoms with Crippen LogP contribution < -0.4 is 19.8 Å². The zero-order valence-corrected chi connectivity index (χ0v) is 27.8. The van der Waals surface area contributed by atoms with Crippen LogP contribution in [0.5, 0.6) is 17.2 Å². The van der Waals surface area contributed by atoms with E-state index in [1.165, 1.54) is 4.68 Å². The number of fused-ring (bicyclic) bond motifs is 1. The van der Waals surface area contributed by atoms with Gasteiger partial charge in [0, 0.05) is 15.6 Å². The Balaban J connectivity index is 1.62. The number of nitrogens with zero attached hydrogens (tertiary/aromatic N) is 3. The first-order valence-corrected chi connectivity index (χ1v) is 15.3. The summed E-state index contributed by atoms with van der Waals surface area (Å²) in [5, 5.41) is 5.46. The SMILES string of the molecule is COc1cc(C)c(-c2nc3ccccc3c(=O)n2N=Cc2cc(OC)c(OCc3cccc(C)c3)c(Cl)c2Br)cc1C(C)C. The quantitative estimate of drug-likeness (QED) is 0.146. The summed E-state index contributed by atoms with van der Waals surface area (Å²) in [7, 11) is 3.21. The van der Waals surface area contributed by atoms with Crippen molar-refractivity contribution in [3.05, 3.63) is 114 Å². The van der Waals surface area contributed by atoms with Crippen LogP contribution in [0, 0.1) is 13.8 Å². The predicted octanol–water partition coefficient (Wildman–Crippen LogP) is 8.70. The second-order valence-electron chi connectivity index (χ2n) is 10.8. The third-order valence-electron chi connectivity index (χ3n) is 7.35. The van der Waals surface area contributed by atoms with E-state index in [4.69, 9.17) is 30.8 Å². The van der Waals surface area contributed by atoms with Crippen molar-refractivity contribution in [1.29, 1.82) is 0 Å². The molecule has 1 aromatic heterocycles. The number of hydrogen-bond donors (Lipinski definition) is 0. The maximum atomic E-state index is 13.9. The molecule has 0 bridgehead atoms. The number of halogens is 2. The molecule has 9 heteroatoms. The van der Waals surface area contributed by atoms with E-state index in [1.807, 2.05) is 62.4 Å². The van der Waals surface area contributed by atoms with Crippen molar-refractivity contribution in [3.63, 3.8) is 0 Å². The first-order valence-electron chi connectivity index (χ1n) is 14.1. The summed E-state index contributed by atoms with van der Waals surface area (Å²) < 4.78 is 19.3. The van der Waals surface area contributed by atoms with Crippen LogP contribution in [0.3, 0.4) is 0 Å². The van der Waals surface area contributed by atoms with Crippen molar-refractivity contribution in [2.75, 3.05) is 14.2 Å². The first kappa shape index (κ1) is 31.3. The minimum absolute atomic E-state index is 0.186. The predicted molar refractivity (Wildman–Crippen MR) is 181 cm³/mol. The molecule has 0 saturated heterocycles. The van der Waals surface area contributed by atoms with Gasteiger partial charge in [-0.1, -0.05) is 67.4 Å². The molecule has 0 N–H and O–H groups in total. The minimum atomic E-state index is -0.296. The van der Waals surface area contributed by atoms with Crippen molar-refractivity contribution in [3.8, 4) is 28.6 Å². The molecule has 4 aromatic carbocycles. The van der Waals surface area contributed by atoms with E-state index in [0.717, 1.165) is 33.6 Å². The lowest BCUT2D eigenvalue weighted by Crippen LogP contribution is -2.21. The van der Waals surface area contributed by atoms with Crippen LogP contribution in [0.15, 0.2) is 81.1 Å². The van der Waals surface area contributed by atoms with Crippen molar-refractivity contribution in [2.24, 2.45) is 5.10 Å². The molecule has 1 heterocycles. The van der Waals surface area contributed by atoms with Crippen LogP contribution in [0.1, 0.15) is 47.6 Å². The molecule has 0 aliphatic rings. The topological polar surface area (TPSA) is 74.9 Å². The lowest BCUT2D eigenvalue weighted by atomic mass is 9.96. The fourth-order valence-electron chi connectivity index (χ4n) is 5.03. The van der Waals surface area contributed by atoms with Crippen LogP contribution in [-0.2, 0) is 6.61 Å². The molecule has 0 aliphatic carbocycles. The standard InChI is InChI=1S/C35H33BrClN3O4/c1-20(2)26-17-27(22(4)15-29(26)42-5)34-39-28-13-8-7-12-25(28)35(41)40(34)38-18-24-16-30(43-6)33(32(37)31(24)36)44-19-23-11-9-10-21(3)14-23/h7-18,20H,19H2,1-6H3. The lowest BCUT2D eigenvalue weighted by molar-refractivity contribution is 0.284. The van der Waals surface area contributed by atoms with Crippen molar-refractivity contribution in [2.45, 2.75) is 40.2 Å². The van der Waals surface area contributed by atoms with E-state index in [1.54, 1.807) is 32.6 Å². The zero-order chi connectivity index (χ0) is 31.5. The third kappa shape index (κ3) is 6.23. The molecule has 0 atom stereocenters. The molecule has 0 spiro atoms. The van der Waals surface area contributed by atoms with Crippen LogP contribution in [-0.4, -0.2) is 30.1 Å². The Morgan fingerprint density at radius 2 is 1.75 bits per heavy atom. The summed E-state index contributed by atoms with van der Waals surface area (Å²) >= 11 is 10.4. The number of methoxy groups -OCH3 is 2. The summed E-state index contributed by atoms with van der Waals surface area (Å²) in [6.45, 7) is 8.51. The molecule has 0 aliphatic heterocycles. The van der Waals surface area contributed by atoms with Crippen LogP contribution >= 0.6 is 27.5 Å². The van der Waals surface area contributed by atoms with E-state index in [2.05, 4.69) is 40.9 Å². The first-order chi connectivity index (χ1) is 21.1. The Hall–Kier alpha value is -4.14. The van der Waals surface area contributed by atoms with E-state index < -0.39 is 0 Å². The van der Waals surface area contributed by atoms with Crippen LogP contribution in [0.25, 0.3) is 22.3 Å². The third-order valence-corrected chi connectivity index (χ3v) is 8.79. The number of aromatic nitrogens is 2. The zero-order valence-electron chi connectivity index (χ0n) is 25.4. The van der Waals surface area contributed by atoms with Crippen molar-refractivity contribution >= 4 is 44.6 Å². The molecule has 0 fully saturated rings. The number of hydrogen-bond acceptors (Lipinski definition) is 6. The fourth-order valence-corrected chi connectivity index (χ4v) is 5.69. The van der Waals surface area contributed by atoms with E-state index in [-0.39, 0.29) is 11.5 Å². The molecule has 0 amide bonds. The molecule has 0 radical (unpaired) electrons. The van der Waals surface area contributed by atoms with E-state index in [9.17, 15) is 4.79 Å². The second-order valence-corrected chi connectivity index (χ2v) is 12.0. The fraction of sp³-hybridized carbons (Fsp3) is 0.229. The monoisotopic (exact) mass is 673 g/mol. The highest BCUT2D eigenvalue weighted by Crippen LogP contribution is 2.42. The molecule has 5 rings (SSSR count). The van der Waals surface area contributed by atoms with Gasteiger partial charge in [-0.25, -0.2) is 4.98 Å². The average Bonchev–Trinajstić information content (AvgIpc) is 3.01.